The molecule has 2 rings (SSSR count). The van der Waals surface area contributed by atoms with Crippen LogP contribution in [0, 0.1) is 13.8 Å². The lowest BCUT2D eigenvalue weighted by Crippen LogP contribution is -2.49. The summed E-state index contributed by atoms with van der Waals surface area (Å²) < 4.78 is 0. The third kappa shape index (κ3) is 2.29. The van der Waals surface area contributed by atoms with Crippen LogP contribution >= 0.6 is 0 Å². The molecule has 1 saturated heterocycles. The lowest BCUT2D eigenvalue weighted by molar-refractivity contribution is 0.484. The molecule has 1 aromatic heterocycles. The lowest BCUT2D eigenvalue weighted by atomic mass is 10.2. The Morgan fingerprint density at radius 3 is 2.87 bits per heavy atom. The SMILES string of the molecule is Cc1ccc(N2CCNC(C)C2)c(C)n1. The van der Waals surface area contributed by atoms with E-state index in [0.717, 1.165) is 31.0 Å². The molecule has 0 bridgehead atoms. The summed E-state index contributed by atoms with van der Waals surface area (Å²) in [4.78, 5) is 6.93. The summed E-state index contributed by atoms with van der Waals surface area (Å²) in [5, 5.41) is 3.45. The van der Waals surface area contributed by atoms with Crippen LogP contribution in [0.4, 0.5) is 5.69 Å². The molecule has 3 heteroatoms. The van der Waals surface area contributed by atoms with E-state index in [9.17, 15) is 0 Å². The van der Waals surface area contributed by atoms with Crippen molar-refractivity contribution in [1.82, 2.24) is 10.3 Å². The van der Waals surface area contributed by atoms with Gasteiger partial charge in [0.25, 0.3) is 0 Å². The third-order valence-corrected chi connectivity index (χ3v) is 2.91. The van der Waals surface area contributed by atoms with Gasteiger partial charge in [-0.05, 0) is 32.9 Å². The summed E-state index contributed by atoms with van der Waals surface area (Å²) in [6, 6.07) is 4.85. The molecule has 0 aliphatic carbocycles. The Morgan fingerprint density at radius 1 is 1.40 bits per heavy atom. The summed E-state index contributed by atoms with van der Waals surface area (Å²) in [5.41, 5.74) is 3.53. The number of rotatable bonds is 1. The first kappa shape index (κ1) is 10.4. The molecule has 1 fully saturated rings. The van der Waals surface area contributed by atoms with Crippen molar-refractivity contribution in [2.45, 2.75) is 26.8 Å². The van der Waals surface area contributed by atoms with Gasteiger partial charge in [-0.2, -0.15) is 0 Å². The van der Waals surface area contributed by atoms with Crippen LogP contribution in [0.3, 0.4) is 0 Å². The maximum atomic E-state index is 4.51. The molecule has 0 spiro atoms. The maximum absolute atomic E-state index is 4.51. The largest absolute Gasteiger partial charge is 0.367 e. The van der Waals surface area contributed by atoms with E-state index in [4.69, 9.17) is 0 Å². The molecular weight excluding hydrogens is 186 g/mol. The van der Waals surface area contributed by atoms with E-state index >= 15 is 0 Å². The predicted molar refractivity (Wildman–Crippen MR) is 63.4 cm³/mol. The molecule has 1 aromatic rings. The van der Waals surface area contributed by atoms with Crippen LogP contribution in [-0.2, 0) is 0 Å². The van der Waals surface area contributed by atoms with Gasteiger partial charge in [-0.25, -0.2) is 0 Å². The Morgan fingerprint density at radius 2 is 2.20 bits per heavy atom. The zero-order valence-electron chi connectivity index (χ0n) is 9.75. The van der Waals surface area contributed by atoms with Gasteiger partial charge in [0.1, 0.15) is 0 Å². The van der Waals surface area contributed by atoms with E-state index in [2.05, 4.69) is 41.2 Å². The van der Waals surface area contributed by atoms with Gasteiger partial charge >= 0.3 is 0 Å². The monoisotopic (exact) mass is 205 g/mol. The van der Waals surface area contributed by atoms with Crippen molar-refractivity contribution in [3.05, 3.63) is 23.5 Å². The van der Waals surface area contributed by atoms with Gasteiger partial charge in [0.2, 0.25) is 0 Å². The first-order valence-corrected chi connectivity index (χ1v) is 5.59. The molecule has 0 amide bonds. The fourth-order valence-corrected chi connectivity index (χ4v) is 2.16. The lowest BCUT2D eigenvalue weighted by Gasteiger charge is -2.34. The van der Waals surface area contributed by atoms with Gasteiger partial charge in [-0.15, -0.1) is 0 Å². The molecule has 1 N–H and O–H groups in total. The fourth-order valence-electron chi connectivity index (χ4n) is 2.16. The average Bonchev–Trinajstić information content (AvgIpc) is 2.17. The van der Waals surface area contributed by atoms with Crippen LogP contribution in [0.25, 0.3) is 0 Å². The summed E-state index contributed by atoms with van der Waals surface area (Å²) in [6.45, 7) is 9.57. The van der Waals surface area contributed by atoms with Crippen molar-refractivity contribution in [2.24, 2.45) is 0 Å². The molecule has 15 heavy (non-hydrogen) atoms. The van der Waals surface area contributed by atoms with Gasteiger partial charge in [0.15, 0.2) is 0 Å². The van der Waals surface area contributed by atoms with Crippen molar-refractivity contribution in [3.63, 3.8) is 0 Å². The molecular formula is C12H19N3. The quantitative estimate of drug-likeness (QED) is 0.753. The standard InChI is InChI=1S/C12H19N3/c1-9-4-5-12(11(3)14-9)15-7-6-13-10(2)8-15/h4-5,10,13H,6-8H2,1-3H3. The van der Waals surface area contributed by atoms with E-state index in [0.29, 0.717) is 6.04 Å². The Kier molecular flexibility index (Phi) is 2.91. The zero-order chi connectivity index (χ0) is 10.8. The highest BCUT2D eigenvalue weighted by Crippen LogP contribution is 2.19. The number of aryl methyl sites for hydroxylation is 2. The second kappa shape index (κ2) is 4.19. The molecule has 3 nitrogen and oxygen atoms in total. The van der Waals surface area contributed by atoms with E-state index < -0.39 is 0 Å². The number of pyridine rings is 1. The maximum Gasteiger partial charge on any atom is 0.0608 e. The molecule has 0 saturated carbocycles. The van der Waals surface area contributed by atoms with Gasteiger partial charge in [-0.1, -0.05) is 0 Å². The highest BCUT2D eigenvalue weighted by atomic mass is 15.2. The van der Waals surface area contributed by atoms with Crippen LogP contribution in [0.15, 0.2) is 12.1 Å². The first-order chi connectivity index (χ1) is 7.16. The zero-order valence-corrected chi connectivity index (χ0v) is 9.75. The van der Waals surface area contributed by atoms with Crippen LogP contribution in [0.2, 0.25) is 0 Å². The number of aromatic nitrogens is 1. The van der Waals surface area contributed by atoms with Gasteiger partial charge in [0.05, 0.1) is 11.4 Å². The highest BCUT2D eigenvalue weighted by molar-refractivity contribution is 5.51. The van der Waals surface area contributed by atoms with Crippen LogP contribution < -0.4 is 10.2 Å². The summed E-state index contributed by atoms with van der Waals surface area (Å²) in [7, 11) is 0. The molecule has 1 aliphatic rings. The highest BCUT2D eigenvalue weighted by Gasteiger charge is 2.17. The summed E-state index contributed by atoms with van der Waals surface area (Å²) in [5.74, 6) is 0. The van der Waals surface area contributed by atoms with Gasteiger partial charge < -0.3 is 10.2 Å². The minimum atomic E-state index is 0.569. The van der Waals surface area contributed by atoms with E-state index in [1.807, 2.05) is 6.92 Å². The van der Waals surface area contributed by atoms with Crippen molar-refractivity contribution >= 4 is 5.69 Å². The third-order valence-electron chi connectivity index (χ3n) is 2.91. The second-order valence-corrected chi connectivity index (χ2v) is 4.36. The van der Waals surface area contributed by atoms with Crippen molar-refractivity contribution in [1.29, 1.82) is 0 Å². The number of nitrogens with one attached hydrogen (secondary N) is 1. The Labute approximate surface area is 91.5 Å². The average molecular weight is 205 g/mol. The molecule has 1 unspecified atom stereocenters. The van der Waals surface area contributed by atoms with Crippen molar-refractivity contribution in [2.75, 3.05) is 24.5 Å². The number of hydrogen-bond acceptors (Lipinski definition) is 3. The minimum absolute atomic E-state index is 0.569. The molecule has 1 aliphatic heterocycles. The topological polar surface area (TPSA) is 28.2 Å². The van der Waals surface area contributed by atoms with E-state index in [1.54, 1.807) is 0 Å². The van der Waals surface area contributed by atoms with Crippen LogP contribution in [-0.4, -0.2) is 30.7 Å². The molecule has 1 atom stereocenters. The van der Waals surface area contributed by atoms with Gasteiger partial charge in [0, 0.05) is 31.4 Å². The molecule has 2 heterocycles. The molecule has 0 aromatic carbocycles. The Hall–Kier alpha value is -1.09. The number of anilines is 1. The smallest absolute Gasteiger partial charge is 0.0608 e. The predicted octanol–water partition coefficient (Wildman–Crippen LogP) is 1.50. The molecule has 0 radical (unpaired) electrons. The van der Waals surface area contributed by atoms with Gasteiger partial charge in [-0.3, -0.25) is 4.98 Å². The Bertz CT molecular complexity index is 349. The van der Waals surface area contributed by atoms with Crippen LogP contribution in [0.5, 0.6) is 0 Å². The minimum Gasteiger partial charge on any atom is -0.367 e. The summed E-state index contributed by atoms with van der Waals surface area (Å²) in [6.07, 6.45) is 0. The van der Waals surface area contributed by atoms with Crippen molar-refractivity contribution in [3.8, 4) is 0 Å². The Balaban J connectivity index is 2.21. The number of hydrogen-bond donors (Lipinski definition) is 1. The fraction of sp³-hybridized carbons (Fsp3) is 0.583. The number of piperazine rings is 1. The normalized spacial score (nSPS) is 21.8. The van der Waals surface area contributed by atoms with Crippen molar-refractivity contribution < 1.29 is 0 Å². The summed E-state index contributed by atoms with van der Waals surface area (Å²) >= 11 is 0. The number of nitrogens with zero attached hydrogens (tertiary/aromatic N) is 2. The molecule has 82 valence electrons. The van der Waals surface area contributed by atoms with E-state index in [-0.39, 0.29) is 0 Å². The van der Waals surface area contributed by atoms with Crippen LogP contribution in [0.1, 0.15) is 18.3 Å². The van der Waals surface area contributed by atoms with E-state index in [1.165, 1.54) is 5.69 Å². The second-order valence-electron chi connectivity index (χ2n) is 4.36. The first-order valence-electron chi connectivity index (χ1n) is 5.59.